The molecular weight excluding hydrogens is 416 g/mol. The Morgan fingerprint density at radius 2 is 2.03 bits per heavy atom. The fraction of sp³-hybridized carbons (Fsp3) is 0.455. The molecule has 0 unspecified atom stereocenters. The van der Waals surface area contributed by atoms with Gasteiger partial charge in [0.25, 0.3) is 0 Å². The molecule has 9 heteroatoms. The monoisotopic (exact) mass is 442 g/mol. The van der Waals surface area contributed by atoms with Gasteiger partial charge in [0, 0.05) is 19.6 Å². The van der Waals surface area contributed by atoms with Crippen molar-refractivity contribution in [3.8, 4) is 0 Å². The van der Waals surface area contributed by atoms with Crippen LogP contribution < -0.4 is 5.32 Å². The Labute approximate surface area is 186 Å². The summed E-state index contributed by atoms with van der Waals surface area (Å²) in [6.07, 6.45) is 3.26. The van der Waals surface area contributed by atoms with Crippen molar-refractivity contribution < 1.29 is 9.53 Å². The molecular formula is C22H27ClN6O2. The summed E-state index contributed by atoms with van der Waals surface area (Å²) < 4.78 is 7.54. The van der Waals surface area contributed by atoms with Crippen LogP contribution in [0.4, 0.5) is 10.6 Å². The highest BCUT2D eigenvalue weighted by Gasteiger charge is 2.29. The zero-order valence-corrected chi connectivity index (χ0v) is 18.8. The maximum absolute atomic E-state index is 12.5. The Morgan fingerprint density at radius 3 is 2.77 bits per heavy atom. The van der Waals surface area contributed by atoms with E-state index >= 15 is 0 Å². The quantitative estimate of drug-likeness (QED) is 0.591. The summed E-state index contributed by atoms with van der Waals surface area (Å²) in [4.78, 5) is 27.6. The molecule has 1 atom stereocenters. The smallest absolute Gasteiger partial charge is 0.410 e. The van der Waals surface area contributed by atoms with Gasteiger partial charge in [-0.1, -0.05) is 30.3 Å². The molecule has 0 spiro atoms. The van der Waals surface area contributed by atoms with Gasteiger partial charge >= 0.3 is 6.09 Å². The van der Waals surface area contributed by atoms with Crippen molar-refractivity contribution in [2.45, 2.75) is 51.8 Å². The van der Waals surface area contributed by atoms with E-state index in [2.05, 4.69) is 20.3 Å². The molecule has 3 aromatic rings. The summed E-state index contributed by atoms with van der Waals surface area (Å²) in [5, 5.41) is 3.47. The van der Waals surface area contributed by atoms with Crippen LogP contribution in [0.15, 0.2) is 36.7 Å². The highest BCUT2D eigenvalue weighted by Crippen LogP contribution is 2.29. The van der Waals surface area contributed by atoms with E-state index < -0.39 is 5.60 Å². The van der Waals surface area contributed by atoms with E-state index in [1.54, 1.807) is 11.2 Å². The molecule has 164 valence electrons. The van der Waals surface area contributed by atoms with Crippen LogP contribution in [0.5, 0.6) is 0 Å². The summed E-state index contributed by atoms with van der Waals surface area (Å²) in [6, 6.07) is 10.1. The number of fused-ring (bicyclic) bond motifs is 1. The lowest BCUT2D eigenvalue weighted by molar-refractivity contribution is 0.0174. The highest BCUT2D eigenvalue weighted by atomic mass is 35.5. The van der Waals surface area contributed by atoms with Crippen LogP contribution in [0.1, 0.15) is 45.2 Å². The maximum atomic E-state index is 12.5. The molecule has 1 aliphatic heterocycles. The first kappa shape index (κ1) is 21.4. The van der Waals surface area contributed by atoms with Crippen LogP contribution in [0.2, 0.25) is 5.28 Å². The van der Waals surface area contributed by atoms with Crippen LogP contribution in [-0.4, -0.2) is 49.2 Å². The number of nitrogens with one attached hydrogen (secondary N) is 1. The van der Waals surface area contributed by atoms with Crippen LogP contribution in [0, 0.1) is 0 Å². The Morgan fingerprint density at radius 1 is 1.26 bits per heavy atom. The van der Waals surface area contributed by atoms with Crippen LogP contribution in [0.3, 0.4) is 0 Å². The summed E-state index contributed by atoms with van der Waals surface area (Å²) >= 11 is 6.24. The van der Waals surface area contributed by atoms with Crippen molar-refractivity contribution in [2.24, 2.45) is 0 Å². The predicted molar refractivity (Wildman–Crippen MR) is 120 cm³/mol. The number of carbonyl (C=O) groups is 1. The summed E-state index contributed by atoms with van der Waals surface area (Å²) in [7, 11) is 0. The van der Waals surface area contributed by atoms with E-state index in [1.165, 1.54) is 0 Å². The Hall–Kier alpha value is -2.87. The molecule has 4 rings (SSSR count). The summed E-state index contributed by atoms with van der Waals surface area (Å²) in [5.74, 6) is 0.595. The number of aromatic nitrogens is 4. The van der Waals surface area contributed by atoms with Crippen molar-refractivity contribution in [3.63, 3.8) is 0 Å². The van der Waals surface area contributed by atoms with Gasteiger partial charge in [0.2, 0.25) is 5.28 Å². The number of benzene rings is 1. The van der Waals surface area contributed by atoms with Gasteiger partial charge in [0.1, 0.15) is 5.60 Å². The lowest BCUT2D eigenvalue weighted by atomic mass is 10.1. The number of halogens is 1. The minimum absolute atomic E-state index is 0.0409. The predicted octanol–water partition coefficient (Wildman–Crippen LogP) is 4.66. The maximum Gasteiger partial charge on any atom is 0.410 e. The normalized spacial score (nSPS) is 17.0. The molecule has 1 amide bonds. The van der Waals surface area contributed by atoms with E-state index in [0.717, 1.165) is 18.4 Å². The number of likely N-dealkylation sites (tertiary alicyclic amines) is 1. The van der Waals surface area contributed by atoms with Gasteiger partial charge in [-0.05, 0) is 50.8 Å². The van der Waals surface area contributed by atoms with Gasteiger partial charge in [-0.25, -0.2) is 9.78 Å². The summed E-state index contributed by atoms with van der Waals surface area (Å²) in [6.45, 7) is 7.44. The molecule has 1 N–H and O–H groups in total. The van der Waals surface area contributed by atoms with Gasteiger partial charge < -0.3 is 19.5 Å². The standard InChI is InChI=1S/C22H27ClN6O2/c1-22(2,3)31-21(30)28-11-7-10-16(13-28)29-14-25-17-18(26-20(23)27-19(17)29)24-12-15-8-5-4-6-9-15/h4-6,8-9,14,16H,7,10-13H2,1-3H3,(H,24,26,27)/t16-/m0/s1. The lowest BCUT2D eigenvalue weighted by Crippen LogP contribution is -2.43. The fourth-order valence-corrected chi connectivity index (χ4v) is 3.90. The van der Waals surface area contributed by atoms with Crippen molar-refractivity contribution in [3.05, 3.63) is 47.5 Å². The average Bonchev–Trinajstić information content (AvgIpc) is 3.15. The van der Waals surface area contributed by atoms with Crippen molar-refractivity contribution >= 4 is 34.7 Å². The first-order valence-corrected chi connectivity index (χ1v) is 10.8. The third-order valence-electron chi connectivity index (χ3n) is 5.14. The topological polar surface area (TPSA) is 85.2 Å². The molecule has 1 saturated heterocycles. The third-order valence-corrected chi connectivity index (χ3v) is 5.31. The van der Waals surface area contributed by atoms with Crippen LogP contribution in [-0.2, 0) is 11.3 Å². The zero-order valence-electron chi connectivity index (χ0n) is 18.0. The number of hydrogen-bond acceptors (Lipinski definition) is 6. The van der Waals surface area contributed by atoms with E-state index in [1.807, 2.05) is 55.7 Å². The SMILES string of the molecule is CC(C)(C)OC(=O)N1CCC[C@H](n2cnc3c(NCc4ccccc4)nc(Cl)nc32)C1. The lowest BCUT2D eigenvalue weighted by Gasteiger charge is -2.34. The molecule has 8 nitrogen and oxygen atoms in total. The zero-order chi connectivity index (χ0) is 22.0. The number of amides is 1. The number of hydrogen-bond donors (Lipinski definition) is 1. The van der Waals surface area contributed by atoms with E-state index in [-0.39, 0.29) is 17.4 Å². The number of carbonyl (C=O) groups excluding carboxylic acids is 1. The van der Waals surface area contributed by atoms with Crippen molar-refractivity contribution in [1.29, 1.82) is 0 Å². The summed E-state index contributed by atoms with van der Waals surface area (Å²) in [5.41, 5.74) is 1.93. The second kappa shape index (κ2) is 8.70. The number of piperidine rings is 1. The highest BCUT2D eigenvalue weighted by molar-refractivity contribution is 6.28. The van der Waals surface area contributed by atoms with Crippen molar-refractivity contribution in [1.82, 2.24) is 24.4 Å². The van der Waals surface area contributed by atoms with Gasteiger partial charge in [-0.15, -0.1) is 0 Å². The molecule has 1 fully saturated rings. The van der Waals surface area contributed by atoms with Gasteiger partial charge in [0.15, 0.2) is 17.0 Å². The van der Waals surface area contributed by atoms with Crippen LogP contribution >= 0.6 is 11.6 Å². The molecule has 3 heterocycles. The molecule has 0 aliphatic carbocycles. The second-order valence-electron chi connectivity index (χ2n) is 8.73. The first-order chi connectivity index (χ1) is 14.8. The molecule has 2 aromatic heterocycles. The average molecular weight is 443 g/mol. The fourth-order valence-electron chi connectivity index (χ4n) is 3.74. The van der Waals surface area contributed by atoms with E-state index in [0.29, 0.717) is 36.6 Å². The molecule has 1 aliphatic rings. The Kier molecular flexibility index (Phi) is 6.00. The number of anilines is 1. The Bertz CT molecular complexity index is 1060. The van der Waals surface area contributed by atoms with Crippen LogP contribution in [0.25, 0.3) is 11.2 Å². The molecule has 1 aromatic carbocycles. The minimum Gasteiger partial charge on any atom is -0.444 e. The van der Waals surface area contributed by atoms with Gasteiger partial charge in [0.05, 0.1) is 12.4 Å². The van der Waals surface area contributed by atoms with Gasteiger partial charge in [-0.3, -0.25) is 0 Å². The molecule has 0 saturated carbocycles. The minimum atomic E-state index is -0.522. The number of imidazole rings is 1. The van der Waals surface area contributed by atoms with E-state index in [9.17, 15) is 4.79 Å². The molecule has 0 bridgehead atoms. The van der Waals surface area contributed by atoms with E-state index in [4.69, 9.17) is 16.3 Å². The first-order valence-electron chi connectivity index (χ1n) is 10.5. The largest absolute Gasteiger partial charge is 0.444 e. The Balaban J connectivity index is 1.55. The number of ether oxygens (including phenoxy) is 1. The third kappa shape index (κ3) is 5.07. The van der Waals surface area contributed by atoms with Gasteiger partial charge in [-0.2, -0.15) is 9.97 Å². The number of nitrogens with zero attached hydrogens (tertiary/aromatic N) is 5. The second-order valence-corrected chi connectivity index (χ2v) is 9.06. The number of rotatable bonds is 4. The molecule has 0 radical (unpaired) electrons. The van der Waals surface area contributed by atoms with Crippen molar-refractivity contribution in [2.75, 3.05) is 18.4 Å². The molecule has 31 heavy (non-hydrogen) atoms.